The molecule has 6 rings (SSSR count). The maximum Gasteiger partial charge on any atom is 0.415 e. The number of rotatable bonds is 11. The monoisotopic (exact) mass is 719 g/mol. The van der Waals surface area contributed by atoms with Gasteiger partial charge in [-0.2, -0.15) is 0 Å². The molecule has 3 amide bonds. The molecular weight excluding hydrogens is 666 g/mol. The summed E-state index contributed by atoms with van der Waals surface area (Å²) in [7, 11) is 1.56. The number of piperazine rings is 1. The lowest BCUT2D eigenvalue weighted by Gasteiger charge is -2.42. The molecule has 2 atom stereocenters. The SMILES string of the molecule is [2H]C1(C[C@H](NC2([2H])CCCCC2)C(=O)N2CCN(C(=O)Oc3ccc4ccccc4c3Cl)C[C@H]2C(=O)NCc2ccc(CN)c(OC)c2)CCCCC1. The van der Waals surface area contributed by atoms with Gasteiger partial charge in [0, 0.05) is 45.9 Å². The Balaban J connectivity index is 1.25. The molecule has 51 heavy (non-hydrogen) atoms. The number of methoxy groups -OCH3 is 1. The average molecular weight is 720 g/mol. The second-order valence-electron chi connectivity index (χ2n) is 13.9. The Bertz CT molecular complexity index is 1760. The van der Waals surface area contributed by atoms with E-state index in [1.807, 2.05) is 48.5 Å². The predicted octanol–water partition coefficient (Wildman–Crippen LogP) is 6.55. The normalized spacial score (nSPS) is 21.3. The largest absolute Gasteiger partial charge is 0.496 e. The van der Waals surface area contributed by atoms with Crippen LogP contribution in [0.4, 0.5) is 4.79 Å². The van der Waals surface area contributed by atoms with Crippen molar-refractivity contribution in [3.05, 3.63) is 70.7 Å². The summed E-state index contributed by atoms with van der Waals surface area (Å²) < 4.78 is 29.8. The second kappa shape index (κ2) is 17.6. The standard InChI is InChI=1S/C40H52ClN5O5/c1-50-36-23-28(16-17-30(36)24-42)25-43-38(47)34-26-45(40(49)51-35-19-18-29-12-8-9-15-32(29)37(35)41)20-21-46(34)39(48)33(22-27-10-4-2-5-11-27)44-31-13-6-3-7-14-31/h8-9,12,15-19,23,27,31,33-34,44H,2-7,10-11,13-14,20-22,24-26,42H2,1H3,(H,43,47)/t33-,34-/m0/s1/i27D,31D. The van der Waals surface area contributed by atoms with Crippen molar-refractivity contribution in [2.75, 3.05) is 26.7 Å². The van der Waals surface area contributed by atoms with Crippen LogP contribution < -0.4 is 25.8 Å². The Morgan fingerprint density at radius 3 is 2.45 bits per heavy atom. The third-order valence-corrected chi connectivity index (χ3v) is 10.9. The molecule has 0 bridgehead atoms. The summed E-state index contributed by atoms with van der Waals surface area (Å²) in [6.07, 6.45) is 7.98. The Hall–Kier alpha value is -3.86. The van der Waals surface area contributed by atoms with Gasteiger partial charge >= 0.3 is 6.09 Å². The van der Waals surface area contributed by atoms with Gasteiger partial charge in [-0.1, -0.05) is 105 Å². The van der Waals surface area contributed by atoms with Crippen molar-refractivity contribution in [3.63, 3.8) is 0 Å². The van der Waals surface area contributed by atoms with Gasteiger partial charge in [0.15, 0.2) is 5.75 Å². The number of halogens is 1. The third kappa shape index (κ3) is 9.15. The van der Waals surface area contributed by atoms with Crippen molar-refractivity contribution >= 4 is 40.3 Å². The lowest BCUT2D eigenvalue weighted by atomic mass is 9.83. The van der Waals surface area contributed by atoms with Crippen molar-refractivity contribution in [2.45, 2.75) is 102 Å². The van der Waals surface area contributed by atoms with E-state index >= 15 is 0 Å². The number of hydrogen-bond donors (Lipinski definition) is 3. The molecule has 0 radical (unpaired) electrons. The van der Waals surface area contributed by atoms with Crippen molar-refractivity contribution < 1.29 is 26.6 Å². The number of nitrogens with zero attached hydrogens (tertiary/aromatic N) is 2. The van der Waals surface area contributed by atoms with E-state index in [1.165, 1.54) is 9.80 Å². The highest BCUT2D eigenvalue weighted by molar-refractivity contribution is 6.37. The minimum absolute atomic E-state index is 0.0741. The van der Waals surface area contributed by atoms with E-state index in [1.54, 1.807) is 13.2 Å². The van der Waals surface area contributed by atoms with Crippen LogP contribution in [-0.2, 0) is 22.7 Å². The Kier molecular flexibility index (Phi) is 11.8. The van der Waals surface area contributed by atoms with Crippen LogP contribution in [-0.4, -0.2) is 72.6 Å². The molecule has 0 unspecified atom stereocenters. The number of carbonyl (C=O) groups excluding carboxylic acids is 3. The fourth-order valence-corrected chi connectivity index (χ4v) is 7.85. The van der Waals surface area contributed by atoms with Gasteiger partial charge in [-0.05, 0) is 48.2 Å². The van der Waals surface area contributed by atoms with E-state index in [4.69, 9.17) is 26.8 Å². The van der Waals surface area contributed by atoms with Gasteiger partial charge in [0.05, 0.1) is 24.7 Å². The molecule has 11 heteroatoms. The number of nitrogens with one attached hydrogen (secondary N) is 2. The number of carbonyl (C=O) groups is 3. The number of nitrogens with two attached hydrogens (primary N) is 1. The molecule has 2 saturated carbocycles. The molecule has 1 heterocycles. The first kappa shape index (κ1) is 34.2. The van der Waals surface area contributed by atoms with E-state index in [-0.39, 0.29) is 44.3 Å². The van der Waals surface area contributed by atoms with Gasteiger partial charge in [0.1, 0.15) is 11.8 Å². The molecule has 1 aliphatic heterocycles. The summed E-state index contributed by atoms with van der Waals surface area (Å²) in [6, 6.07) is 13.7. The summed E-state index contributed by atoms with van der Waals surface area (Å²) in [5.74, 6) is -0.734. The molecule has 3 aromatic rings. The zero-order valence-corrected chi connectivity index (χ0v) is 30.3. The summed E-state index contributed by atoms with van der Waals surface area (Å²) in [5, 5.41) is 8.36. The van der Waals surface area contributed by atoms with Crippen LogP contribution in [0.5, 0.6) is 11.5 Å². The molecule has 274 valence electrons. The maximum absolute atomic E-state index is 14.7. The molecule has 2 aliphatic carbocycles. The minimum Gasteiger partial charge on any atom is -0.496 e. The summed E-state index contributed by atoms with van der Waals surface area (Å²) >= 11 is 6.66. The van der Waals surface area contributed by atoms with E-state index in [0.717, 1.165) is 60.4 Å². The lowest BCUT2D eigenvalue weighted by molar-refractivity contribution is -0.145. The van der Waals surface area contributed by atoms with E-state index in [9.17, 15) is 17.1 Å². The van der Waals surface area contributed by atoms with Crippen LogP contribution in [0.2, 0.25) is 5.02 Å². The van der Waals surface area contributed by atoms with Crippen LogP contribution in [0.3, 0.4) is 0 Å². The molecule has 1 saturated heterocycles. The van der Waals surface area contributed by atoms with Gasteiger partial charge in [-0.15, -0.1) is 0 Å². The maximum atomic E-state index is 14.7. The fourth-order valence-electron chi connectivity index (χ4n) is 7.58. The van der Waals surface area contributed by atoms with Crippen LogP contribution in [0.15, 0.2) is 54.6 Å². The summed E-state index contributed by atoms with van der Waals surface area (Å²) in [5.41, 5.74) is 7.47. The van der Waals surface area contributed by atoms with Gasteiger partial charge in [0.2, 0.25) is 11.8 Å². The molecule has 10 nitrogen and oxygen atoms in total. The number of hydrogen-bond acceptors (Lipinski definition) is 7. The highest BCUT2D eigenvalue weighted by Crippen LogP contribution is 2.34. The first-order valence-corrected chi connectivity index (χ1v) is 18.7. The summed E-state index contributed by atoms with van der Waals surface area (Å²) in [6.45, 7) is 0.553. The van der Waals surface area contributed by atoms with E-state index < -0.39 is 36.0 Å². The fraction of sp³-hybridized carbons (Fsp3) is 0.525. The second-order valence-corrected chi connectivity index (χ2v) is 14.3. The zero-order valence-electron chi connectivity index (χ0n) is 31.6. The van der Waals surface area contributed by atoms with Crippen molar-refractivity contribution in [1.82, 2.24) is 20.4 Å². The first-order chi connectivity index (χ1) is 25.5. The van der Waals surface area contributed by atoms with Crippen LogP contribution >= 0.6 is 11.6 Å². The molecule has 0 spiro atoms. The van der Waals surface area contributed by atoms with Gasteiger partial charge in [-0.25, -0.2) is 4.79 Å². The van der Waals surface area contributed by atoms with E-state index in [2.05, 4.69) is 10.6 Å². The third-order valence-electron chi connectivity index (χ3n) is 10.5. The van der Waals surface area contributed by atoms with Crippen LogP contribution in [0.1, 0.15) is 84.5 Å². The number of fused-ring (bicyclic) bond motifs is 1. The first-order valence-electron chi connectivity index (χ1n) is 19.4. The van der Waals surface area contributed by atoms with Gasteiger partial charge in [-0.3, -0.25) is 9.59 Å². The van der Waals surface area contributed by atoms with Crippen molar-refractivity contribution in [1.29, 1.82) is 0 Å². The number of amides is 3. The van der Waals surface area contributed by atoms with Gasteiger partial charge in [0.25, 0.3) is 0 Å². The molecule has 3 aliphatic rings. The smallest absolute Gasteiger partial charge is 0.415 e. The highest BCUT2D eigenvalue weighted by atomic mass is 35.5. The number of ether oxygens (including phenoxy) is 2. The highest BCUT2D eigenvalue weighted by Gasteiger charge is 2.41. The number of benzene rings is 3. The molecule has 3 fully saturated rings. The van der Waals surface area contributed by atoms with Crippen molar-refractivity contribution in [3.8, 4) is 11.5 Å². The lowest BCUT2D eigenvalue weighted by Crippen LogP contribution is -2.64. The zero-order chi connectivity index (χ0) is 37.6. The topological polar surface area (TPSA) is 126 Å². The quantitative estimate of drug-likeness (QED) is 0.205. The van der Waals surface area contributed by atoms with Crippen LogP contribution in [0.25, 0.3) is 10.8 Å². The van der Waals surface area contributed by atoms with Crippen LogP contribution in [0, 0.1) is 5.89 Å². The summed E-state index contributed by atoms with van der Waals surface area (Å²) in [4.78, 5) is 45.6. The Morgan fingerprint density at radius 1 is 0.961 bits per heavy atom. The minimum atomic E-state index is -1.05. The van der Waals surface area contributed by atoms with Crippen molar-refractivity contribution in [2.24, 2.45) is 11.6 Å². The Labute approximate surface area is 309 Å². The van der Waals surface area contributed by atoms with E-state index in [0.29, 0.717) is 43.0 Å². The average Bonchev–Trinajstić information content (AvgIpc) is 3.17. The molecule has 3 aromatic carbocycles. The Morgan fingerprint density at radius 2 is 1.71 bits per heavy atom. The predicted molar refractivity (Wildman–Crippen MR) is 200 cm³/mol. The molecule has 0 aromatic heterocycles. The van der Waals surface area contributed by atoms with Gasteiger partial charge < -0.3 is 35.6 Å². The molecule has 4 N–H and O–H groups in total. The molecular formula is C40H52ClN5O5.